The van der Waals surface area contributed by atoms with Gasteiger partial charge in [0.15, 0.2) is 6.79 Å². The predicted molar refractivity (Wildman–Crippen MR) is 108 cm³/mol. The first-order valence-electron chi connectivity index (χ1n) is 9.29. The van der Waals surface area contributed by atoms with Crippen LogP contribution in [0, 0.1) is 11.6 Å². The number of hydrogen-bond donors (Lipinski definition) is 1. The molecule has 0 atom stereocenters. The Balaban J connectivity index is 1.56. The summed E-state index contributed by atoms with van der Waals surface area (Å²) < 4.78 is 90.0. The van der Waals surface area contributed by atoms with E-state index in [1.165, 1.54) is 19.2 Å². The molecule has 1 heterocycles. The summed E-state index contributed by atoms with van der Waals surface area (Å²) in [6, 6.07) is 6.84. The van der Waals surface area contributed by atoms with Crippen molar-refractivity contribution < 1.29 is 35.1 Å². The highest BCUT2D eigenvalue weighted by Gasteiger charge is 2.23. The average Bonchev–Trinajstić information content (AvgIpc) is 2.72. The summed E-state index contributed by atoms with van der Waals surface area (Å²) in [5.74, 6) is -1.05. The van der Waals surface area contributed by atoms with Gasteiger partial charge in [-0.25, -0.2) is 30.3 Å². The van der Waals surface area contributed by atoms with E-state index in [0.717, 1.165) is 28.6 Å². The molecular weight excluding hydrogens is 454 g/mol. The standard InChI is InChI=1S/C19H22F2N2O6S2/c1-23(31(26,27)18-4-2-16(20)3-5-18)8-9-30(24,25)22-7-6-14-10-17(21)11-15-12-28-13-29-19(14)15/h2-5,10-11,22H,6-9,12-13H2,1H3. The first-order chi connectivity index (χ1) is 14.6. The number of halogens is 2. The maximum absolute atomic E-state index is 13.8. The Labute approximate surface area is 179 Å². The fourth-order valence-corrected chi connectivity index (χ4v) is 5.37. The van der Waals surface area contributed by atoms with Gasteiger partial charge in [-0.1, -0.05) is 0 Å². The van der Waals surface area contributed by atoms with E-state index in [1.807, 2.05) is 0 Å². The molecule has 31 heavy (non-hydrogen) atoms. The van der Waals surface area contributed by atoms with Crippen molar-refractivity contribution in [1.29, 1.82) is 0 Å². The fourth-order valence-electron chi connectivity index (χ4n) is 3.01. The van der Waals surface area contributed by atoms with Gasteiger partial charge in [0.1, 0.15) is 17.4 Å². The second-order valence-electron chi connectivity index (χ2n) is 6.91. The number of sulfonamides is 2. The maximum Gasteiger partial charge on any atom is 0.242 e. The van der Waals surface area contributed by atoms with Crippen LogP contribution in [0.4, 0.5) is 8.78 Å². The molecule has 2 aromatic rings. The summed E-state index contributed by atoms with van der Waals surface area (Å²) in [7, 11) is -6.51. The molecule has 1 aliphatic heterocycles. The van der Waals surface area contributed by atoms with E-state index < -0.39 is 37.4 Å². The van der Waals surface area contributed by atoms with E-state index in [-0.39, 0.29) is 37.8 Å². The Bertz CT molecular complexity index is 1140. The first kappa shape index (κ1) is 23.5. The Morgan fingerprint density at radius 3 is 2.48 bits per heavy atom. The molecule has 8 nitrogen and oxygen atoms in total. The van der Waals surface area contributed by atoms with E-state index in [4.69, 9.17) is 9.47 Å². The second-order valence-corrected chi connectivity index (χ2v) is 10.9. The van der Waals surface area contributed by atoms with E-state index in [2.05, 4.69) is 4.72 Å². The summed E-state index contributed by atoms with van der Waals surface area (Å²) in [4.78, 5) is -0.137. The van der Waals surface area contributed by atoms with Crippen LogP contribution in [0.1, 0.15) is 11.1 Å². The number of nitrogens with one attached hydrogen (secondary N) is 1. The molecule has 0 saturated carbocycles. The Kier molecular flexibility index (Phi) is 7.27. The van der Waals surface area contributed by atoms with Crippen LogP contribution < -0.4 is 9.46 Å². The van der Waals surface area contributed by atoms with Crippen LogP contribution in [0.5, 0.6) is 5.75 Å². The Morgan fingerprint density at radius 2 is 1.77 bits per heavy atom. The lowest BCUT2D eigenvalue weighted by Crippen LogP contribution is -2.36. The molecule has 0 radical (unpaired) electrons. The predicted octanol–water partition coefficient (Wildman–Crippen LogP) is 1.61. The van der Waals surface area contributed by atoms with Crippen molar-refractivity contribution in [2.24, 2.45) is 0 Å². The van der Waals surface area contributed by atoms with Crippen molar-refractivity contribution in [2.45, 2.75) is 17.9 Å². The normalized spacial score (nSPS) is 14.3. The van der Waals surface area contributed by atoms with Crippen molar-refractivity contribution >= 4 is 20.0 Å². The maximum atomic E-state index is 13.8. The van der Waals surface area contributed by atoms with Crippen molar-refractivity contribution in [3.63, 3.8) is 0 Å². The van der Waals surface area contributed by atoms with Gasteiger partial charge in [-0.3, -0.25) is 0 Å². The summed E-state index contributed by atoms with van der Waals surface area (Å²) in [5.41, 5.74) is 1.06. The van der Waals surface area contributed by atoms with Crippen LogP contribution in [0.15, 0.2) is 41.3 Å². The van der Waals surface area contributed by atoms with Gasteiger partial charge in [0.2, 0.25) is 20.0 Å². The van der Waals surface area contributed by atoms with Crippen LogP contribution in [0.25, 0.3) is 0 Å². The van der Waals surface area contributed by atoms with Crippen molar-refractivity contribution in [1.82, 2.24) is 9.03 Å². The molecule has 0 unspecified atom stereocenters. The molecular formula is C19H22F2N2O6S2. The lowest BCUT2D eigenvalue weighted by Gasteiger charge is -2.21. The van der Waals surface area contributed by atoms with Gasteiger partial charge in [-0.15, -0.1) is 0 Å². The largest absolute Gasteiger partial charge is 0.467 e. The van der Waals surface area contributed by atoms with E-state index in [9.17, 15) is 25.6 Å². The third-order valence-electron chi connectivity index (χ3n) is 4.66. The van der Waals surface area contributed by atoms with Crippen molar-refractivity contribution in [3.05, 3.63) is 59.2 Å². The van der Waals surface area contributed by atoms with Gasteiger partial charge in [0, 0.05) is 25.7 Å². The van der Waals surface area contributed by atoms with E-state index >= 15 is 0 Å². The molecule has 12 heteroatoms. The minimum atomic E-state index is -3.95. The highest BCUT2D eigenvalue weighted by molar-refractivity contribution is 7.90. The van der Waals surface area contributed by atoms with Crippen LogP contribution >= 0.6 is 0 Å². The number of hydrogen-bond acceptors (Lipinski definition) is 6. The van der Waals surface area contributed by atoms with Crippen LogP contribution in [0.3, 0.4) is 0 Å². The third kappa shape index (κ3) is 5.98. The number of benzene rings is 2. The fraction of sp³-hybridized carbons (Fsp3) is 0.368. The lowest BCUT2D eigenvalue weighted by molar-refractivity contribution is -0.0172. The minimum absolute atomic E-state index is 0.0170. The van der Waals surface area contributed by atoms with Gasteiger partial charge in [0.05, 0.1) is 17.3 Å². The topological polar surface area (TPSA) is 102 Å². The van der Waals surface area contributed by atoms with Gasteiger partial charge < -0.3 is 9.47 Å². The minimum Gasteiger partial charge on any atom is -0.467 e. The Morgan fingerprint density at radius 1 is 1.06 bits per heavy atom. The van der Waals surface area contributed by atoms with E-state index in [1.54, 1.807) is 0 Å². The average molecular weight is 477 g/mol. The summed E-state index contributed by atoms with van der Waals surface area (Å²) in [6.07, 6.45) is 0.184. The van der Waals surface area contributed by atoms with Crippen LogP contribution in [-0.2, 0) is 37.8 Å². The number of nitrogens with zero attached hydrogens (tertiary/aromatic N) is 1. The number of ether oxygens (including phenoxy) is 2. The molecule has 1 N–H and O–H groups in total. The van der Waals surface area contributed by atoms with Gasteiger partial charge in [-0.2, -0.15) is 4.31 Å². The smallest absolute Gasteiger partial charge is 0.242 e. The molecule has 0 saturated heterocycles. The second kappa shape index (κ2) is 9.57. The molecule has 0 amide bonds. The summed E-state index contributed by atoms with van der Waals surface area (Å²) in [5, 5.41) is 0. The lowest BCUT2D eigenvalue weighted by atomic mass is 10.1. The van der Waals surface area contributed by atoms with Gasteiger partial charge >= 0.3 is 0 Å². The van der Waals surface area contributed by atoms with Crippen LogP contribution in [-0.4, -0.2) is 53.8 Å². The zero-order valence-corrected chi connectivity index (χ0v) is 18.3. The van der Waals surface area contributed by atoms with Crippen molar-refractivity contribution in [3.8, 4) is 5.75 Å². The molecule has 0 aromatic heterocycles. The Hall–Kier alpha value is -2.12. The molecule has 3 rings (SSSR count). The number of rotatable bonds is 9. The monoisotopic (exact) mass is 476 g/mol. The number of fused-ring (bicyclic) bond motifs is 1. The molecule has 2 aromatic carbocycles. The molecule has 1 aliphatic rings. The highest BCUT2D eigenvalue weighted by atomic mass is 32.2. The van der Waals surface area contributed by atoms with Gasteiger partial charge in [-0.05, 0) is 48.4 Å². The van der Waals surface area contributed by atoms with Crippen molar-refractivity contribution in [2.75, 3.05) is 32.7 Å². The summed E-state index contributed by atoms with van der Waals surface area (Å²) >= 11 is 0. The van der Waals surface area contributed by atoms with Crippen LogP contribution in [0.2, 0.25) is 0 Å². The summed E-state index contributed by atoms with van der Waals surface area (Å²) in [6.45, 7) is -0.0748. The molecule has 0 aliphatic carbocycles. The first-order valence-corrected chi connectivity index (χ1v) is 12.4. The molecule has 0 fully saturated rings. The quantitative estimate of drug-likeness (QED) is 0.590. The zero-order chi connectivity index (χ0) is 22.6. The SMILES string of the molecule is CN(CCS(=O)(=O)NCCc1cc(F)cc2c1OCOC2)S(=O)(=O)c1ccc(F)cc1. The van der Waals surface area contributed by atoms with Gasteiger partial charge in [0.25, 0.3) is 0 Å². The zero-order valence-electron chi connectivity index (χ0n) is 16.7. The highest BCUT2D eigenvalue weighted by Crippen LogP contribution is 2.29. The molecule has 170 valence electrons. The molecule has 0 spiro atoms. The third-order valence-corrected chi connectivity index (χ3v) is 7.90. The van der Waals surface area contributed by atoms with E-state index in [0.29, 0.717) is 16.9 Å². The molecule has 0 bridgehead atoms.